The smallest absolute Gasteiger partial charge is 0.0995 e. The molecule has 0 heterocycles. The molecule has 1 aromatic carbocycles. The largest absolute Gasteiger partial charge is 0.402 e. The Morgan fingerprint density at radius 3 is 2.18 bits per heavy atom. The topological polar surface area (TPSA) is 73.6 Å². The van der Waals surface area contributed by atoms with E-state index in [2.05, 4.69) is 12.1 Å². The van der Waals surface area contributed by atoms with Crippen molar-refractivity contribution in [2.75, 3.05) is 0 Å². The Labute approximate surface area is 101 Å². The van der Waals surface area contributed by atoms with E-state index < -0.39 is 0 Å². The minimum Gasteiger partial charge on any atom is -0.402 e. The van der Waals surface area contributed by atoms with Crippen molar-refractivity contribution in [3.63, 3.8) is 0 Å². The van der Waals surface area contributed by atoms with Crippen LogP contribution in [0.1, 0.15) is 25.0 Å². The lowest BCUT2D eigenvalue weighted by atomic mass is 9.96. The molecule has 17 heavy (non-hydrogen) atoms. The molecule has 0 saturated carbocycles. The number of allylic oxidation sites excluding steroid dienone is 4. The summed E-state index contributed by atoms with van der Waals surface area (Å²) in [4.78, 5) is 0. The van der Waals surface area contributed by atoms with Crippen molar-refractivity contribution in [2.45, 2.75) is 13.8 Å². The first kappa shape index (κ1) is 12.5. The van der Waals surface area contributed by atoms with Gasteiger partial charge in [-0.05, 0) is 31.5 Å². The van der Waals surface area contributed by atoms with Crippen LogP contribution in [0.15, 0.2) is 41.6 Å². The van der Waals surface area contributed by atoms with Crippen molar-refractivity contribution in [2.24, 2.45) is 5.73 Å². The summed E-state index contributed by atoms with van der Waals surface area (Å²) >= 11 is 0. The summed E-state index contributed by atoms with van der Waals surface area (Å²) in [6, 6.07) is 11.2. The highest BCUT2D eigenvalue weighted by Crippen LogP contribution is 2.24. The zero-order valence-corrected chi connectivity index (χ0v) is 9.86. The van der Waals surface area contributed by atoms with Gasteiger partial charge in [-0.15, -0.1) is 0 Å². The maximum atomic E-state index is 9.05. The average molecular weight is 223 g/mol. The van der Waals surface area contributed by atoms with Gasteiger partial charge in [-0.3, -0.25) is 0 Å². The van der Waals surface area contributed by atoms with Gasteiger partial charge in [-0.2, -0.15) is 10.5 Å². The van der Waals surface area contributed by atoms with E-state index in [1.807, 2.05) is 0 Å². The van der Waals surface area contributed by atoms with Crippen molar-refractivity contribution >= 4 is 5.57 Å². The highest BCUT2D eigenvalue weighted by atomic mass is 14.6. The van der Waals surface area contributed by atoms with E-state index in [0.29, 0.717) is 16.8 Å². The van der Waals surface area contributed by atoms with Gasteiger partial charge in [0.15, 0.2) is 0 Å². The number of nitriles is 2. The summed E-state index contributed by atoms with van der Waals surface area (Å²) in [5, 5.41) is 17.8. The van der Waals surface area contributed by atoms with Crippen LogP contribution >= 0.6 is 0 Å². The third-order valence-corrected chi connectivity index (χ3v) is 2.38. The molecule has 0 atom stereocenters. The maximum Gasteiger partial charge on any atom is 0.0995 e. The molecule has 84 valence electrons. The Balaban J connectivity index is 3.33. The Kier molecular flexibility index (Phi) is 4.08. The van der Waals surface area contributed by atoms with Gasteiger partial charge in [0.2, 0.25) is 0 Å². The van der Waals surface area contributed by atoms with Crippen LogP contribution in [0.3, 0.4) is 0 Å². The number of benzene rings is 1. The highest BCUT2D eigenvalue weighted by molar-refractivity contribution is 5.84. The Hall–Kier alpha value is -2.52. The number of hydrogen-bond donors (Lipinski definition) is 1. The first-order valence-corrected chi connectivity index (χ1v) is 5.17. The summed E-state index contributed by atoms with van der Waals surface area (Å²) in [7, 11) is 0. The van der Waals surface area contributed by atoms with Crippen LogP contribution in [0.5, 0.6) is 0 Å². The minimum atomic E-state index is 0.537. The molecule has 0 aliphatic carbocycles. The van der Waals surface area contributed by atoms with Crippen molar-refractivity contribution in [3.8, 4) is 12.1 Å². The predicted molar refractivity (Wildman–Crippen MR) is 67.3 cm³/mol. The van der Waals surface area contributed by atoms with Gasteiger partial charge in [0.25, 0.3) is 0 Å². The molecule has 0 aromatic heterocycles. The van der Waals surface area contributed by atoms with E-state index in [0.717, 1.165) is 11.1 Å². The molecule has 0 fully saturated rings. The van der Waals surface area contributed by atoms with Crippen molar-refractivity contribution in [1.82, 2.24) is 0 Å². The second-order valence-electron chi connectivity index (χ2n) is 3.56. The van der Waals surface area contributed by atoms with Crippen LogP contribution in [0.25, 0.3) is 5.57 Å². The van der Waals surface area contributed by atoms with Crippen LogP contribution in [0.4, 0.5) is 0 Å². The summed E-state index contributed by atoms with van der Waals surface area (Å²) in [5.74, 6) is 0. The number of hydrogen-bond acceptors (Lipinski definition) is 3. The second kappa shape index (κ2) is 5.53. The molecule has 0 aliphatic rings. The molecule has 0 spiro atoms. The number of nitrogens with zero attached hydrogens (tertiary/aromatic N) is 2. The molecule has 1 rings (SSSR count). The molecule has 0 bridgehead atoms. The lowest BCUT2D eigenvalue weighted by Gasteiger charge is -2.08. The minimum absolute atomic E-state index is 0.537. The standard InChI is InChI=1S/C14H13N3/c1-3-12(9-16)14(10(2)17)13-6-4-11(8-15)5-7-13/h3-7H,17H2,1-2H3/b12-3+,14-10+. The zero-order valence-electron chi connectivity index (χ0n) is 9.86. The Bertz CT molecular complexity index is 545. The second-order valence-corrected chi connectivity index (χ2v) is 3.56. The van der Waals surface area contributed by atoms with E-state index in [1.165, 1.54) is 0 Å². The summed E-state index contributed by atoms with van der Waals surface area (Å²) < 4.78 is 0. The van der Waals surface area contributed by atoms with Gasteiger partial charge < -0.3 is 5.73 Å². The van der Waals surface area contributed by atoms with E-state index in [9.17, 15) is 0 Å². The van der Waals surface area contributed by atoms with Gasteiger partial charge in [-0.1, -0.05) is 18.2 Å². The molecule has 0 unspecified atom stereocenters. The van der Waals surface area contributed by atoms with Gasteiger partial charge >= 0.3 is 0 Å². The normalized spacial score (nSPS) is 12.4. The SMILES string of the molecule is C/C=C(C#N)/C(=C(/C)N)c1ccc(C#N)cc1. The molecular formula is C14H13N3. The summed E-state index contributed by atoms with van der Waals surface area (Å²) in [5.41, 5.74) is 9.09. The molecule has 0 amide bonds. The maximum absolute atomic E-state index is 9.05. The quantitative estimate of drug-likeness (QED) is 0.618. The molecule has 0 aliphatic heterocycles. The van der Waals surface area contributed by atoms with Gasteiger partial charge in [-0.25, -0.2) is 0 Å². The predicted octanol–water partition coefficient (Wildman–Crippen LogP) is 2.72. The number of nitrogens with two attached hydrogens (primary N) is 1. The third-order valence-electron chi connectivity index (χ3n) is 2.38. The fourth-order valence-electron chi connectivity index (χ4n) is 1.57. The first-order chi connectivity index (χ1) is 8.13. The zero-order chi connectivity index (χ0) is 12.8. The van der Waals surface area contributed by atoms with Crippen LogP contribution in [0, 0.1) is 22.7 Å². The molecular weight excluding hydrogens is 210 g/mol. The van der Waals surface area contributed by atoms with E-state index in [4.69, 9.17) is 16.3 Å². The molecule has 0 radical (unpaired) electrons. The van der Waals surface area contributed by atoms with E-state index >= 15 is 0 Å². The lowest BCUT2D eigenvalue weighted by molar-refractivity contribution is 1.30. The monoisotopic (exact) mass is 223 g/mol. The molecule has 2 N–H and O–H groups in total. The van der Waals surface area contributed by atoms with Crippen molar-refractivity contribution < 1.29 is 0 Å². The van der Waals surface area contributed by atoms with Crippen LogP contribution in [0.2, 0.25) is 0 Å². The van der Waals surface area contributed by atoms with Crippen molar-refractivity contribution in [1.29, 1.82) is 10.5 Å². The molecule has 1 aromatic rings. The van der Waals surface area contributed by atoms with Gasteiger partial charge in [0.05, 0.1) is 23.3 Å². The molecule has 0 saturated heterocycles. The van der Waals surface area contributed by atoms with E-state index in [-0.39, 0.29) is 0 Å². The number of rotatable bonds is 2. The summed E-state index contributed by atoms with van der Waals surface area (Å²) in [6.07, 6.45) is 1.73. The summed E-state index contributed by atoms with van der Waals surface area (Å²) in [6.45, 7) is 3.56. The molecule has 3 heteroatoms. The third kappa shape index (κ3) is 2.74. The van der Waals surface area contributed by atoms with Gasteiger partial charge in [0.1, 0.15) is 0 Å². The fraction of sp³-hybridized carbons (Fsp3) is 0.143. The molecule has 3 nitrogen and oxygen atoms in total. The van der Waals surface area contributed by atoms with Crippen LogP contribution in [-0.2, 0) is 0 Å². The fourth-order valence-corrected chi connectivity index (χ4v) is 1.57. The first-order valence-electron chi connectivity index (χ1n) is 5.17. The Morgan fingerprint density at radius 2 is 1.82 bits per heavy atom. The highest BCUT2D eigenvalue weighted by Gasteiger charge is 2.09. The lowest BCUT2D eigenvalue weighted by Crippen LogP contribution is -2.00. The van der Waals surface area contributed by atoms with Crippen molar-refractivity contribution in [3.05, 3.63) is 52.7 Å². The Morgan fingerprint density at radius 1 is 1.24 bits per heavy atom. The van der Waals surface area contributed by atoms with Crippen LogP contribution < -0.4 is 5.73 Å². The van der Waals surface area contributed by atoms with E-state index in [1.54, 1.807) is 44.2 Å². The van der Waals surface area contributed by atoms with Crippen LogP contribution in [-0.4, -0.2) is 0 Å². The average Bonchev–Trinajstić information content (AvgIpc) is 2.35. The van der Waals surface area contributed by atoms with Gasteiger partial charge in [0, 0.05) is 11.3 Å².